The highest BCUT2D eigenvalue weighted by atomic mass is 14.5. The van der Waals surface area contributed by atoms with Crippen LogP contribution in [0.5, 0.6) is 0 Å². The molecule has 0 radical (unpaired) electrons. The van der Waals surface area contributed by atoms with Crippen molar-refractivity contribution >= 4 is 0 Å². The van der Waals surface area contributed by atoms with Crippen LogP contribution in [0.4, 0.5) is 0 Å². The van der Waals surface area contributed by atoms with Gasteiger partial charge in [0.15, 0.2) is 0 Å². The predicted octanol–water partition coefficient (Wildman–Crippen LogP) is 4.34. The van der Waals surface area contributed by atoms with E-state index in [0.29, 0.717) is 10.8 Å². The highest BCUT2D eigenvalue weighted by Crippen LogP contribution is 2.51. The number of benzene rings is 1. The van der Waals surface area contributed by atoms with Crippen LogP contribution in [0.2, 0.25) is 0 Å². The van der Waals surface area contributed by atoms with Gasteiger partial charge in [-0.2, -0.15) is 0 Å². The Morgan fingerprint density at radius 1 is 1.13 bits per heavy atom. The normalized spacial score (nSPS) is 27.8. The summed E-state index contributed by atoms with van der Waals surface area (Å²) in [6.07, 6.45) is 2.53. The van der Waals surface area contributed by atoms with Gasteiger partial charge >= 0.3 is 0 Å². The molecule has 1 aromatic rings. The van der Waals surface area contributed by atoms with Gasteiger partial charge in [0.05, 0.1) is 0 Å². The van der Waals surface area contributed by atoms with E-state index >= 15 is 0 Å². The summed E-state index contributed by atoms with van der Waals surface area (Å²) in [7, 11) is 0. The molecule has 0 saturated heterocycles. The quantitative estimate of drug-likeness (QED) is 0.635. The summed E-state index contributed by atoms with van der Waals surface area (Å²) < 4.78 is 0. The number of aryl methyl sites for hydroxylation is 1. The van der Waals surface area contributed by atoms with E-state index in [-0.39, 0.29) is 0 Å². The Labute approximate surface area is 93.7 Å². The van der Waals surface area contributed by atoms with Crippen LogP contribution in [0.15, 0.2) is 18.2 Å². The van der Waals surface area contributed by atoms with Crippen molar-refractivity contribution in [1.82, 2.24) is 0 Å². The van der Waals surface area contributed by atoms with E-state index in [1.165, 1.54) is 18.4 Å². The SMILES string of the molecule is CCC1(C)CC(C)(C)c2cc(C)ccc21. The third kappa shape index (κ3) is 1.51. The van der Waals surface area contributed by atoms with E-state index in [1.807, 2.05) is 0 Å². The molecule has 0 aliphatic heterocycles. The van der Waals surface area contributed by atoms with Gasteiger partial charge in [-0.05, 0) is 41.7 Å². The number of hydrogen-bond donors (Lipinski definition) is 0. The van der Waals surface area contributed by atoms with Crippen LogP contribution in [0.3, 0.4) is 0 Å². The van der Waals surface area contributed by atoms with Crippen LogP contribution in [-0.2, 0) is 10.8 Å². The average molecular weight is 202 g/mol. The fourth-order valence-corrected chi connectivity index (χ4v) is 3.23. The van der Waals surface area contributed by atoms with E-state index in [1.54, 1.807) is 11.1 Å². The van der Waals surface area contributed by atoms with E-state index in [4.69, 9.17) is 0 Å². The number of fused-ring (bicyclic) bond motifs is 1. The molecule has 1 aliphatic rings. The maximum Gasteiger partial charge on any atom is -0.00667 e. The fourth-order valence-electron chi connectivity index (χ4n) is 3.23. The summed E-state index contributed by atoms with van der Waals surface area (Å²) in [5, 5.41) is 0. The van der Waals surface area contributed by atoms with Gasteiger partial charge in [-0.25, -0.2) is 0 Å². The molecule has 15 heavy (non-hydrogen) atoms. The highest BCUT2D eigenvalue weighted by Gasteiger charge is 2.43. The van der Waals surface area contributed by atoms with Gasteiger partial charge in [0, 0.05) is 0 Å². The zero-order valence-corrected chi connectivity index (χ0v) is 10.6. The van der Waals surface area contributed by atoms with Crippen LogP contribution < -0.4 is 0 Å². The molecule has 0 fully saturated rings. The van der Waals surface area contributed by atoms with Gasteiger partial charge in [0.2, 0.25) is 0 Å². The minimum absolute atomic E-state index is 0.353. The molecule has 0 amide bonds. The zero-order chi connectivity index (χ0) is 11.3. The maximum absolute atomic E-state index is 2.41. The van der Waals surface area contributed by atoms with Crippen molar-refractivity contribution in [3.63, 3.8) is 0 Å². The fraction of sp³-hybridized carbons (Fsp3) is 0.600. The summed E-state index contributed by atoms with van der Waals surface area (Å²) in [5.41, 5.74) is 5.30. The highest BCUT2D eigenvalue weighted by molar-refractivity contribution is 5.46. The van der Waals surface area contributed by atoms with Gasteiger partial charge in [-0.1, -0.05) is 51.5 Å². The van der Waals surface area contributed by atoms with Crippen LogP contribution in [0.1, 0.15) is 57.2 Å². The van der Waals surface area contributed by atoms with Gasteiger partial charge in [0.1, 0.15) is 0 Å². The third-order valence-electron chi connectivity index (χ3n) is 4.17. The molecule has 1 atom stereocenters. The predicted molar refractivity (Wildman–Crippen MR) is 66.5 cm³/mol. The van der Waals surface area contributed by atoms with Crippen molar-refractivity contribution in [2.75, 3.05) is 0 Å². The van der Waals surface area contributed by atoms with Crippen molar-refractivity contribution < 1.29 is 0 Å². The lowest BCUT2D eigenvalue weighted by atomic mass is 9.78. The second-order valence-corrected chi connectivity index (χ2v) is 6.02. The first-order valence-corrected chi connectivity index (χ1v) is 6.01. The molecule has 2 rings (SSSR count). The van der Waals surface area contributed by atoms with Crippen molar-refractivity contribution in [2.45, 2.75) is 58.3 Å². The lowest BCUT2D eigenvalue weighted by Crippen LogP contribution is -2.20. The standard InChI is InChI=1S/C15H22/c1-6-15(5)10-14(3,4)13-9-11(2)7-8-12(13)15/h7-9H,6,10H2,1-5H3. The average Bonchev–Trinajstić information content (AvgIpc) is 2.35. The summed E-state index contributed by atoms with van der Waals surface area (Å²) in [4.78, 5) is 0. The first kappa shape index (κ1) is 10.7. The minimum atomic E-state index is 0.353. The second kappa shape index (κ2) is 3.10. The smallest absolute Gasteiger partial charge is 0.00667 e. The molecule has 0 saturated carbocycles. The van der Waals surface area contributed by atoms with Gasteiger partial charge < -0.3 is 0 Å². The Kier molecular flexibility index (Phi) is 2.22. The van der Waals surface area contributed by atoms with Crippen LogP contribution in [-0.4, -0.2) is 0 Å². The zero-order valence-electron chi connectivity index (χ0n) is 10.6. The topological polar surface area (TPSA) is 0 Å². The maximum atomic E-state index is 2.41. The van der Waals surface area contributed by atoms with Gasteiger partial charge in [-0.3, -0.25) is 0 Å². The number of hydrogen-bond acceptors (Lipinski definition) is 0. The summed E-state index contributed by atoms with van der Waals surface area (Å²) >= 11 is 0. The first-order chi connectivity index (χ1) is 6.89. The lowest BCUT2D eigenvalue weighted by Gasteiger charge is -2.25. The molecule has 0 N–H and O–H groups in total. The Balaban J connectivity index is 2.63. The largest absolute Gasteiger partial charge is 0.0645 e. The lowest BCUT2D eigenvalue weighted by molar-refractivity contribution is 0.367. The summed E-state index contributed by atoms with van der Waals surface area (Å²) in [6.45, 7) is 11.7. The van der Waals surface area contributed by atoms with Crippen LogP contribution in [0, 0.1) is 6.92 Å². The van der Waals surface area contributed by atoms with E-state index in [0.717, 1.165) is 0 Å². The Morgan fingerprint density at radius 2 is 1.80 bits per heavy atom. The molecule has 1 unspecified atom stereocenters. The molecule has 82 valence electrons. The second-order valence-electron chi connectivity index (χ2n) is 6.02. The third-order valence-corrected chi connectivity index (χ3v) is 4.17. The molecular formula is C15H22. The molecule has 1 aliphatic carbocycles. The van der Waals surface area contributed by atoms with Crippen LogP contribution in [0.25, 0.3) is 0 Å². The van der Waals surface area contributed by atoms with E-state index < -0.39 is 0 Å². The summed E-state index contributed by atoms with van der Waals surface area (Å²) in [6, 6.07) is 6.99. The molecule has 0 spiro atoms. The van der Waals surface area contributed by atoms with Crippen molar-refractivity contribution in [3.05, 3.63) is 34.9 Å². The molecule has 1 aromatic carbocycles. The van der Waals surface area contributed by atoms with Gasteiger partial charge in [-0.15, -0.1) is 0 Å². The molecule has 0 aromatic heterocycles. The molecular weight excluding hydrogens is 180 g/mol. The van der Waals surface area contributed by atoms with Crippen molar-refractivity contribution in [3.8, 4) is 0 Å². The van der Waals surface area contributed by atoms with Gasteiger partial charge in [0.25, 0.3) is 0 Å². The van der Waals surface area contributed by atoms with Crippen molar-refractivity contribution in [1.29, 1.82) is 0 Å². The monoisotopic (exact) mass is 202 g/mol. The summed E-state index contributed by atoms with van der Waals surface area (Å²) in [5.74, 6) is 0. The Morgan fingerprint density at radius 3 is 2.40 bits per heavy atom. The Hall–Kier alpha value is -0.780. The van der Waals surface area contributed by atoms with Crippen molar-refractivity contribution in [2.24, 2.45) is 0 Å². The molecule has 0 heteroatoms. The number of rotatable bonds is 1. The van der Waals surface area contributed by atoms with Crippen LogP contribution >= 0.6 is 0 Å². The van der Waals surface area contributed by atoms with E-state index in [2.05, 4.69) is 52.8 Å². The molecule has 0 nitrogen and oxygen atoms in total. The first-order valence-electron chi connectivity index (χ1n) is 6.01. The molecule has 0 bridgehead atoms. The Bertz CT molecular complexity index is 387. The molecule has 0 heterocycles. The minimum Gasteiger partial charge on any atom is -0.0645 e. The van der Waals surface area contributed by atoms with E-state index in [9.17, 15) is 0 Å².